The summed E-state index contributed by atoms with van der Waals surface area (Å²) in [7, 11) is 0. The zero-order chi connectivity index (χ0) is 15.9. The van der Waals surface area contributed by atoms with E-state index in [1.807, 2.05) is 24.3 Å². The fraction of sp³-hybridized carbons (Fsp3) is 0.200. The van der Waals surface area contributed by atoms with E-state index in [1.54, 1.807) is 6.26 Å². The Labute approximate surface area is 136 Å². The summed E-state index contributed by atoms with van der Waals surface area (Å²) in [6.45, 7) is 4.18. The number of hydrogen-bond acceptors (Lipinski definition) is 3. The highest BCUT2D eigenvalue weighted by atomic mass is 16.5. The fourth-order valence-corrected chi connectivity index (χ4v) is 2.34. The molecule has 0 aliphatic carbocycles. The van der Waals surface area contributed by atoms with Crippen molar-refractivity contribution in [2.24, 2.45) is 0 Å². The average molecular weight is 307 g/mol. The molecule has 0 fully saturated rings. The molecule has 1 heterocycles. The van der Waals surface area contributed by atoms with Crippen molar-refractivity contribution in [3.63, 3.8) is 0 Å². The molecule has 0 saturated carbocycles. The number of hydrogen-bond donors (Lipinski definition) is 1. The third-order valence-electron chi connectivity index (χ3n) is 3.63. The molecule has 3 aromatic rings. The number of benzene rings is 2. The van der Waals surface area contributed by atoms with Gasteiger partial charge in [0.2, 0.25) is 0 Å². The van der Waals surface area contributed by atoms with Crippen molar-refractivity contribution >= 4 is 0 Å². The van der Waals surface area contributed by atoms with E-state index >= 15 is 0 Å². The van der Waals surface area contributed by atoms with Gasteiger partial charge in [-0.25, -0.2) is 0 Å². The van der Waals surface area contributed by atoms with Gasteiger partial charge in [-0.15, -0.1) is 0 Å². The molecule has 0 unspecified atom stereocenters. The smallest absolute Gasteiger partial charge is 0.120 e. The second kappa shape index (κ2) is 7.65. The Kier molecular flexibility index (Phi) is 5.12. The van der Waals surface area contributed by atoms with Crippen LogP contribution in [0, 0.1) is 6.92 Å². The van der Waals surface area contributed by atoms with Crippen molar-refractivity contribution in [1.29, 1.82) is 0 Å². The molecule has 23 heavy (non-hydrogen) atoms. The van der Waals surface area contributed by atoms with E-state index < -0.39 is 0 Å². The third kappa shape index (κ3) is 4.73. The van der Waals surface area contributed by atoms with E-state index in [-0.39, 0.29) is 0 Å². The standard InChI is InChI=1S/C20H21NO2/c1-16-7-9-17(10-8-16)15-23-19-5-2-4-18(12-19)13-21-14-20-6-3-11-22-20/h2-12,21H,13-15H2,1H3. The molecule has 1 aromatic heterocycles. The summed E-state index contributed by atoms with van der Waals surface area (Å²) in [5.74, 6) is 1.83. The molecule has 3 nitrogen and oxygen atoms in total. The lowest BCUT2D eigenvalue weighted by Gasteiger charge is -2.09. The molecule has 0 radical (unpaired) electrons. The highest BCUT2D eigenvalue weighted by Crippen LogP contribution is 2.15. The van der Waals surface area contributed by atoms with Crippen LogP contribution in [-0.2, 0) is 19.7 Å². The summed E-state index contributed by atoms with van der Waals surface area (Å²) in [4.78, 5) is 0. The normalized spacial score (nSPS) is 10.7. The Bertz CT molecular complexity index is 718. The second-order valence-corrected chi connectivity index (χ2v) is 5.60. The number of rotatable bonds is 7. The first-order valence-corrected chi connectivity index (χ1v) is 7.80. The first kappa shape index (κ1) is 15.4. The molecule has 118 valence electrons. The third-order valence-corrected chi connectivity index (χ3v) is 3.63. The van der Waals surface area contributed by atoms with Crippen molar-refractivity contribution in [3.8, 4) is 5.75 Å². The SMILES string of the molecule is Cc1ccc(COc2cccc(CNCc3ccco3)c2)cc1. The highest BCUT2D eigenvalue weighted by Gasteiger charge is 2.00. The average Bonchev–Trinajstić information content (AvgIpc) is 3.08. The number of ether oxygens (including phenoxy) is 1. The van der Waals surface area contributed by atoms with Crippen LogP contribution in [0.15, 0.2) is 71.3 Å². The maximum atomic E-state index is 5.88. The van der Waals surface area contributed by atoms with Crippen molar-refractivity contribution in [1.82, 2.24) is 5.32 Å². The van der Waals surface area contributed by atoms with Gasteiger partial charge in [0, 0.05) is 6.54 Å². The summed E-state index contributed by atoms with van der Waals surface area (Å²) in [5.41, 5.74) is 3.63. The van der Waals surface area contributed by atoms with Crippen LogP contribution in [0.1, 0.15) is 22.5 Å². The van der Waals surface area contributed by atoms with Crippen molar-refractivity contribution < 1.29 is 9.15 Å². The quantitative estimate of drug-likeness (QED) is 0.700. The molecule has 0 aliphatic heterocycles. The van der Waals surface area contributed by atoms with Crippen molar-refractivity contribution in [3.05, 3.63) is 89.4 Å². The van der Waals surface area contributed by atoms with Gasteiger partial charge in [0.05, 0.1) is 12.8 Å². The largest absolute Gasteiger partial charge is 0.489 e. The Morgan fingerprint density at radius 2 is 1.78 bits per heavy atom. The lowest BCUT2D eigenvalue weighted by Crippen LogP contribution is -2.12. The Morgan fingerprint density at radius 1 is 0.913 bits per heavy atom. The van der Waals surface area contributed by atoms with Crippen LogP contribution in [0.2, 0.25) is 0 Å². The van der Waals surface area contributed by atoms with Crippen LogP contribution in [0.5, 0.6) is 5.75 Å². The zero-order valence-electron chi connectivity index (χ0n) is 13.3. The van der Waals surface area contributed by atoms with Gasteiger partial charge in [0.25, 0.3) is 0 Å². The first-order chi connectivity index (χ1) is 11.3. The van der Waals surface area contributed by atoms with Gasteiger partial charge >= 0.3 is 0 Å². The number of furan rings is 1. The van der Waals surface area contributed by atoms with Gasteiger partial charge in [-0.1, -0.05) is 42.0 Å². The molecular formula is C20H21NO2. The Morgan fingerprint density at radius 3 is 2.57 bits per heavy atom. The summed E-state index contributed by atoms with van der Waals surface area (Å²) in [6, 6.07) is 20.5. The molecule has 0 amide bonds. The predicted molar refractivity (Wildman–Crippen MR) is 91.2 cm³/mol. The van der Waals surface area contributed by atoms with Gasteiger partial charge in [-0.3, -0.25) is 0 Å². The monoisotopic (exact) mass is 307 g/mol. The van der Waals surface area contributed by atoms with Crippen LogP contribution in [0.25, 0.3) is 0 Å². The summed E-state index contributed by atoms with van der Waals surface area (Å²) in [6.07, 6.45) is 1.69. The maximum absolute atomic E-state index is 5.88. The number of nitrogens with one attached hydrogen (secondary N) is 1. The van der Waals surface area contributed by atoms with Crippen LogP contribution in [0.3, 0.4) is 0 Å². The van der Waals surface area contributed by atoms with Gasteiger partial charge in [-0.05, 0) is 42.3 Å². The van der Waals surface area contributed by atoms with E-state index in [0.29, 0.717) is 6.61 Å². The van der Waals surface area contributed by atoms with Crippen LogP contribution in [-0.4, -0.2) is 0 Å². The molecule has 0 spiro atoms. The second-order valence-electron chi connectivity index (χ2n) is 5.60. The summed E-state index contributed by atoms with van der Waals surface area (Å²) >= 11 is 0. The minimum atomic E-state index is 0.587. The van der Waals surface area contributed by atoms with Gasteiger partial charge in [0.15, 0.2) is 0 Å². The van der Waals surface area contributed by atoms with E-state index in [9.17, 15) is 0 Å². The number of aryl methyl sites for hydroxylation is 1. The topological polar surface area (TPSA) is 34.4 Å². The first-order valence-electron chi connectivity index (χ1n) is 7.80. The van der Waals surface area contributed by atoms with Crippen molar-refractivity contribution in [2.45, 2.75) is 26.6 Å². The van der Waals surface area contributed by atoms with E-state index in [1.165, 1.54) is 16.7 Å². The summed E-state index contributed by atoms with van der Waals surface area (Å²) in [5, 5.41) is 3.36. The van der Waals surface area contributed by atoms with E-state index in [4.69, 9.17) is 9.15 Å². The minimum Gasteiger partial charge on any atom is -0.489 e. The fourth-order valence-electron chi connectivity index (χ4n) is 2.34. The zero-order valence-corrected chi connectivity index (χ0v) is 13.3. The molecule has 3 heteroatoms. The lowest BCUT2D eigenvalue weighted by atomic mass is 10.2. The minimum absolute atomic E-state index is 0.587. The Hall–Kier alpha value is -2.52. The lowest BCUT2D eigenvalue weighted by molar-refractivity contribution is 0.306. The van der Waals surface area contributed by atoms with Crippen LogP contribution < -0.4 is 10.1 Å². The predicted octanol–water partition coefficient (Wildman–Crippen LogP) is 4.46. The maximum Gasteiger partial charge on any atom is 0.120 e. The van der Waals surface area contributed by atoms with E-state index in [2.05, 4.69) is 48.6 Å². The molecule has 1 N–H and O–H groups in total. The molecule has 3 rings (SSSR count). The van der Waals surface area contributed by atoms with Crippen molar-refractivity contribution in [2.75, 3.05) is 0 Å². The Balaban J connectivity index is 1.51. The van der Waals surface area contributed by atoms with Gasteiger partial charge in [-0.2, -0.15) is 0 Å². The van der Waals surface area contributed by atoms with Crippen LogP contribution in [0.4, 0.5) is 0 Å². The highest BCUT2D eigenvalue weighted by molar-refractivity contribution is 5.29. The molecule has 0 aliphatic rings. The molecule has 0 atom stereocenters. The van der Waals surface area contributed by atoms with Gasteiger partial charge < -0.3 is 14.5 Å². The molecule has 0 bridgehead atoms. The molecule has 0 saturated heterocycles. The van der Waals surface area contributed by atoms with Crippen LogP contribution >= 0.6 is 0 Å². The van der Waals surface area contributed by atoms with Gasteiger partial charge in [0.1, 0.15) is 18.1 Å². The summed E-state index contributed by atoms with van der Waals surface area (Å²) < 4.78 is 11.2. The molecular weight excluding hydrogens is 286 g/mol. The molecule has 2 aromatic carbocycles. The van der Waals surface area contributed by atoms with E-state index in [0.717, 1.165) is 24.6 Å².